The van der Waals surface area contributed by atoms with Gasteiger partial charge in [-0.25, -0.2) is 0 Å². The van der Waals surface area contributed by atoms with Gasteiger partial charge in [0.2, 0.25) is 0 Å². The van der Waals surface area contributed by atoms with Gasteiger partial charge in [0, 0.05) is 5.69 Å². The highest BCUT2D eigenvalue weighted by atomic mass is 14.5. The van der Waals surface area contributed by atoms with E-state index in [-0.39, 0.29) is 0 Å². The minimum absolute atomic E-state index is 0.883. The van der Waals surface area contributed by atoms with Crippen LogP contribution in [0, 0.1) is 6.92 Å². The standard InChI is InChI=1S/C10H15N/c1-3-4-9-5-8(2)6-10(11)7-9/h5-7H,3-4,11H2,1-2H3. The molecule has 11 heavy (non-hydrogen) atoms. The maximum Gasteiger partial charge on any atom is 0.0319 e. The fourth-order valence-electron chi connectivity index (χ4n) is 1.33. The maximum absolute atomic E-state index is 5.69. The Morgan fingerprint density at radius 3 is 2.55 bits per heavy atom. The summed E-state index contributed by atoms with van der Waals surface area (Å²) >= 11 is 0. The molecule has 0 aliphatic carbocycles. The van der Waals surface area contributed by atoms with E-state index in [4.69, 9.17) is 5.73 Å². The van der Waals surface area contributed by atoms with Gasteiger partial charge in [-0.2, -0.15) is 0 Å². The van der Waals surface area contributed by atoms with Crippen molar-refractivity contribution in [3.8, 4) is 0 Å². The molecule has 0 unspecified atom stereocenters. The average Bonchev–Trinajstić information content (AvgIpc) is 1.85. The number of hydrogen-bond acceptors (Lipinski definition) is 1. The average molecular weight is 149 g/mol. The third-order valence-electron chi connectivity index (χ3n) is 1.70. The summed E-state index contributed by atoms with van der Waals surface area (Å²) < 4.78 is 0. The summed E-state index contributed by atoms with van der Waals surface area (Å²) in [4.78, 5) is 0. The fraction of sp³-hybridized carbons (Fsp3) is 0.400. The minimum atomic E-state index is 0.883. The normalized spacial score (nSPS) is 10.0. The third-order valence-corrected chi connectivity index (χ3v) is 1.70. The third kappa shape index (κ3) is 2.26. The largest absolute Gasteiger partial charge is 0.399 e. The maximum atomic E-state index is 5.69. The van der Waals surface area contributed by atoms with Crippen molar-refractivity contribution < 1.29 is 0 Å². The summed E-state index contributed by atoms with van der Waals surface area (Å²) in [5.74, 6) is 0. The first-order valence-electron chi connectivity index (χ1n) is 4.08. The van der Waals surface area contributed by atoms with Gasteiger partial charge in [0.05, 0.1) is 0 Å². The molecule has 0 aliphatic heterocycles. The number of benzene rings is 1. The highest BCUT2D eigenvalue weighted by molar-refractivity contribution is 5.44. The van der Waals surface area contributed by atoms with Crippen LogP contribution in [-0.2, 0) is 6.42 Å². The van der Waals surface area contributed by atoms with Crippen LogP contribution >= 0.6 is 0 Å². The van der Waals surface area contributed by atoms with Crippen molar-refractivity contribution >= 4 is 5.69 Å². The van der Waals surface area contributed by atoms with E-state index >= 15 is 0 Å². The van der Waals surface area contributed by atoms with Crippen molar-refractivity contribution in [2.75, 3.05) is 5.73 Å². The molecule has 1 rings (SSSR count). The molecule has 0 aliphatic rings. The molecule has 1 aromatic carbocycles. The Hall–Kier alpha value is -0.980. The molecule has 60 valence electrons. The first-order valence-corrected chi connectivity index (χ1v) is 4.08. The molecular formula is C10H15N. The van der Waals surface area contributed by atoms with Gasteiger partial charge in [-0.15, -0.1) is 0 Å². The Balaban J connectivity index is 2.89. The lowest BCUT2D eigenvalue weighted by Crippen LogP contribution is -1.90. The number of nitrogen functional groups attached to an aromatic ring is 1. The summed E-state index contributed by atoms with van der Waals surface area (Å²) in [6, 6.07) is 6.25. The van der Waals surface area contributed by atoms with E-state index in [1.54, 1.807) is 0 Å². The SMILES string of the molecule is CCCc1cc(C)cc(N)c1. The van der Waals surface area contributed by atoms with E-state index < -0.39 is 0 Å². The van der Waals surface area contributed by atoms with Crippen molar-refractivity contribution in [2.45, 2.75) is 26.7 Å². The topological polar surface area (TPSA) is 26.0 Å². The second-order valence-corrected chi connectivity index (χ2v) is 3.00. The van der Waals surface area contributed by atoms with E-state index in [0.717, 1.165) is 12.1 Å². The van der Waals surface area contributed by atoms with E-state index in [0.29, 0.717) is 0 Å². The van der Waals surface area contributed by atoms with E-state index in [2.05, 4.69) is 26.0 Å². The molecular weight excluding hydrogens is 134 g/mol. The van der Waals surface area contributed by atoms with Gasteiger partial charge in [-0.05, 0) is 36.6 Å². The second kappa shape index (κ2) is 3.42. The van der Waals surface area contributed by atoms with Crippen LogP contribution in [-0.4, -0.2) is 0 Å². The molecule has 2 N–H and O–H groups in total. The Morgan fingerprint density at radius 2 is 2.00 bits per heavy atom. The van der Waals surface area contributed by atoms with E-state index in [9.17, 15) is 0 Å². The monoisotopic (exact) mass is 149 g/mol. The highest BCUT2D eigenvalue weighted by Gasteiger charge is 1.93. The summed E-state index contributed by atoms with van der Waals surface area (Å²) in [7, 11) is 0. The first kappa shape index (κ1) is 8.12. The predicted molar refractivity (Wildman–Crippen MR) is 49.6 cm³/mol. The second-order valence-electron chi connectivity index (χ2n) is 3.00. The highest BCUT2D eigenvalue weighted by Crippen LogP contribution is 2.12. The van der Waals surface area contributed by atoms with Gasteiger partial charge in [0.25, 0.3) is 0 Å². The summed E-state index contributed by atoms with van der Waals surface area (Å²) in [6.45, 7) is 4.26. The van der Waals surface area contributed by atoms with E-state index in [1.165, 1.54) is 17.5 Å². The van der Waals surface area contributed by atoms with Crippen molar-refractivity contribution in [3.63, 3.8) is 0 Å². The summed E-state index contributed by atoms with van der Waals surface area (Å²) in [6.07, 6.45) is 2.31. The first-order chi connectivity index (χ1) is 5.22. The van der Waals surface area contributed by atoms with Crippen molar-refractivity contribution in [1.82, 2.24) is 0 Å². The van der Waals surface area contributed by atoms with Crippen molar-refractivity contribution in [3.05, 3.63) is 29.3 Å². The number of hydrogen-bond donors (Lipinski definition) is 1. The van der Waals surface area contributed by atoms with Gasteiger partial charge < -0.3 is 5.73 Å². The number of aryl methyl sites for hydroxylation is 2. The zero-order valence-electron chi connectivity index (χ0n) is 7.22. The molecule has 0 radical (unpaired) electrons. The van der Waals surface area contributed by atoms with Crippen LogP contribution in [0.4, 0.5) is 5.69 Å². The molecule has 1 aromatic rings. The minimum Gasteiger partial charge on any atom is -0.399 e. The lowest BCUT2D eigenvalue weighted by molar-refractivity contribution is 0.921. The molecule has 1 nitrogen and oxygen atoms in total. The smallest absolute Gasteiger partial charge is 0.0319 e. The Morgan fingerprint density at radius 1 is 1.27 bits per heavy atom. The van der Waals surface area contributed by atoms with Crippen LogP contribution < -0.4 is 5.73 Å². The van der Waals surface area contributed by atoms with Gasteiger partial charge in [-0.3, -0.25) is 0 Å². The number of anilines is 1. The van der Waals surface area contributed by atoms with Crippen LogP contribution in [0.15, 0.2) is 18.2 Å². The van der Waals surface area contributed by atoms with Gasteiger partial charge >= 0.3 is 0 Å². The number of rotatable bonds is 2. The van der Waals surface area contributed by atoms with Crippen LogP contribution in [0.1, 0.15) is 24.5 Å². The molecule has 0 atom stereocenters. The lowest BCUT2D eigenvalue weighted by atomic mass is 10.1. The van der Waals surface area contributed by atoms with Crippen LogP contribution in [0.25, 0.3) is 0 Å². The summed E-state index contributed by atoms with van der Waals surface area (Å²) in [5, 5.41) is 0. The predicted octanol–water partition coefficient (Wildman–Crippen LogP) is 2.53. The quantitative estimate of drug-likeness (QED) is 0.642. The van der Waals surface area contributed by atoms with Gasteiger partial charge in [-0.1, -0.05) is 19.4 Å². The van der Waals surface area contributed by atoms with E-state index in [1.807, 2.05) is 6.07 Å². The number of nitrogens with two attached hydrogens (primary N) is 1. The lowest BCUT2D eigenvalue weighted by Gasteiger charge is -2.02. The van der Waals surface area contributed by atoms with Crippen LogP contribution in [0.5, 0.6) is 0 Å². The zero-order valence-corrected chi connectivity index (χ0v) is 7.22. The molecule has 0 heterocycles. The summed E-state index contributed by atoms with van der Waals surface area (Å²) in [5.41, 5.74) is 9.18. The zero-order chi connectivity index (χ0) is 8.27. The molecule has 0 saturated heterocycles. The van der Waals surface area contributed by atoms with Crippen molar-refractivity contribution in [2.24, 2.45) is 0 Å². The molecule has 1 heteroatoms. The van der Waals surface area contributed by atoms with Gasteiger partial charge in [0.15, 0.2) is 0 Å². The Bertz CT molecular complexity index is 220. The molecule has 0 bridgehead atoms. The fourth-order valence-corrected chi connectivity index (χ4v) is 1.33. The molecule has 0 aromatic heterocycles. The van der Waals surface area contributed by atoms with Crippen molar-refractivity contribution in [1.29, 1.82) is 0 Å². The molecule has 0 amide bonds. The Labute approximate surface area is 68.2 Å². The van der Waals surface area contributed by atoms with Gasteiger partial charge in [0.1, 0.15) is 0 Å². The molecule has 0 fully saturated rings. The molecule has 0 saturated carbocycles. The van der Waals surface area contributed by atoms with Crippen LogP contribution in [0.2, 0.25) is 0 Å². The molecule has 0 spiro atoms. The Kier molecular flexibility index (Phi) is 2.53. The van der Waals surface area contributed by atoms with Crippen LogP contribution in [0.3, 0.4) is 0 Å².